The number of carboxylic acids is 1. The van der Waals surface area contributed by atoms with E-state index < -0.39 is 17.3 Å². The van der Waals surface area contributed by atoms with Gasteiger partial charge in [0, 0.05) is 17.7 Å². The van der Waals surface area contributed by atoms with Crippen LogP contribution in [0.5, 0.6) is 11.5 Å². The first-order chi connectivity index (χ1) is 11.4. The molecule has 2 aromatic carbocycles. The molecule has 3 rings (SSSR count). The van der Waals surface area contributed by atoms with Crippen molar-refractivity contribution in [2.24, 2.45) is 5.41 Å². The average Bonchev–Trinajstić information content (AvgIpc) is 2.57. The van der Waals surface area contributed by atoms with E-state index in [1.165, 1.54) is 0 Å². The second-order valence-electron chi connectivity index (χ2n) is 6.52. The van der Waals surface area contributed by atoms with Crippen molar-refractivity contribution in [1.29, 1.82) is 0 Å². The monoisotopic (exact) mass is 325 g/mol. The molecular weight excluding hydrogens is 306 g/mol. The van der Waals surface area contributed by atoms with Gasteiger partial charge in [-0.2, -0.15) is 0 Å². The number of nitrogens with one attached hydrogen (secondary N) is 1. The van der Waals surface area contributed by atoms with Gasteiger partial charge in [0.1, 0.15) is 11.5 Å². The van der Waals surface area contributed by atoms with E-state index in [-0.39, 0.29) is 12.5 Å². The van der Waals surface area contributed by atoms with Gasteiger partial charge in [-0.15, -0.1) is 0 Å². The molecule has 1 aliphatic heterocycles. The van der Waals surface area contributed by atoms with Crippen LogP contribution in [-0.2, 0) is 9.59 Å². The van der Waals surface area contributed by atoms with Crippen LogP contribution < -0.4 is 10.1 Å². The molecule has 1 aliphatic rings. The van der Waals surface area contributed by atoms with Gasteiger partial charge in [0.2, 0.25) is 5.91 Å². The van der Waals surface area contributed by atoms with Gasteiger partial charge >= 0.3 is 5.97 Å². The SMILES string of the molecule is CC(C)(CNC(=O)C1c2ccccc2Oc2ccccc21)C(=O)O. The van der Waals surface area contributed by atoms with Gasteiger partial charge in [-0.05, 0) is 26.0 Å². The lowest BCUT2D eigenvalue weighted by Gasteiger charge is -2.28. The minimum atomic E-state index is -1.03. The van der Waals surface area contributed by atoms with Crippen LogP contribution in [0.25, 0.3) is 0 Å². The summed E-state index contributed by atoms with van der Waals surface area (Å²) in [6.45, 7) is 3.23. The Balaban J connectivity index is 1.92. The van der Waals surface area contributed by atoms with E-state index in [1.54, 1.807) is 13.8 Å². The molecule has 5 heteroatoms. The van der Waals surface area contributed by atoms with Crippen molar-refractivity contribution in [2.45, 2.75) is 19.8 Å². The van der Waals surface area contributed by atoms with Gasteiger partial charge in [0.25, 0.3) is 0 Å². The summed E-state index contributed by atoms with van der Waals surface area (Å²) in [5.41, 5.74) is 0.531. The van der Waals surface area contributed by atoms with Crippen LogP contribution in [0.15, 0.2) is 48.5 Å². The largest absolute Gasteiger partial charge is 0.481 e. The van der Waals surface area contributed by atoms with E-state index in [0.717, 1.165) is 11.1 Å². The third kappa shape index (κ3) is 2.85. The summed E-state index contributed by atoms with van der Waals surface area (Å²) in [5.74, 6) is -0.401. The van der Waals surface area contributed by atoms with Crippen molar-refractivity contribution in [3.8, 4) is 11.5 Å². The molecule has 0 unspecified atom stereocenters. The van der Waals surface area contributed by atoms with Gasteiger partial charge in [-0.25, -0.2) is 0 Å². The smallest absolute Gasteiger partial charge is 0.310 e. The predicted octanol–water partition coefficient (Wildman–Crippen LogP) is 3.15. The first kappa shape index (κ1) is 16.1. The summed E-state index contributed by atoms with van der Waals surface area (Å²) in [7, 11) is 0. The third-order valence-corrected chi connectivity index (χ3v) is 4.23. The zero-order valence-corrected chi connectivity index (χ0v) is 13.6. The number of fused-ring (bicyclic) bond motifs is 2. The maximum Gasteiger partial charge on any atom is 0.310 e. The van der Waals surface area contributed by atoms with Crippen molar-refractivity contribution < 1.29 is 19.4 Å². The van der Waals surface area contributed by atoms with Crippen molar-refractivity contribution in [1.82, 2.24) is 5.32 Å². The molecule has 0 spiro atoms. The third-order valence-electron chi connectivity index (χ3n) is 4.23. The summed E-state index contributed by atoms with van der Waals surface area (Å²) in [4.78, 5) is 24.1. The summed E-state index contributed by atoms with van der Waals surface area (Å²) in [6, 6.07) is 14.8. The van der Waals surface area contributed by atoms with Gasteiger partial charge in [-0.1, -0.05) is 36.4 Å². The van der Waals surface area contributed by atoms with Crippen LogP contribution in [0.2, 0.25) is 0 Å². The Morgan fingerprint density at radius 2 is 1.54 bits per heavy atom. The Morgan fingerprint density at radius 3 is 2.04 bits per heavy atom. The number of carbonyl (C=O) groups is 2. The van der Waals surface area contributed by atoms with Gasteiger partial charge < -0.3 is 15.2 Å². The van der Waals surface area contributed by atoms with E-state index in [9.17, 15) is 14.7 Å². The molecule has 0 bridgehead atoms. The van der Waals surface area contributed by atoms with E-state index in [4.69, 9.17) is 4.74 Å². The topological polar surface area (TPSA) is 75.6 Å². The van der Waals surface area contributed by atoms with Crippen LogP contribution in [0.3, 0.4) is 0 Å². The number of hydrogen-bond acceptors (Lipinski definition) is 3. The number of para-hydroxylation sites is 2. The molecule has 2 N–H and O–H groups in total. The molecule has 0 saturated heterocycles. The summed E-state index contributed by atoms with van der Waals surface area (Å²) in [6.07, 6.45) is 0. The van der Waals surface area contributed by atoms with Crippen molar-refractivity contribution in [2.75, 3.05) is 6.54 Å². The fourth-order valence-electron chi connectivity index (χ4n) is 2.68. The Bertz CT molecular complexity index is 752. The first-order valence-corrected chi connectivity index (χ1v) is 7.77. The lowest BCUT2D eigenvalue weighted by atomic mass is 9.86. The highest BCUT2D eigenvalue weighted by Gasteiger charge is 2.34. The normalized spacial score (nSPS) is 13.4. The highest BCUT2D eigenvalue weighted by molar-refractivity contribution is 5.90. The fourth-order valence-corrected chi connectivity index (χ4v) is 2.68. The zero-order valence-electron chi connectivity index (χ0n) is 13.6. The van der Waals surface area contributed by atoms with Crippen LogP contribution in [0.1, 0.15) is 30.9 Å². The maximum atomic E-state index is 12.8. The number of aliphatic carboxylic acids is 1. The Hall–Kier alpha value is -2.82. The molecule has 24 heavy (non-hydrogen) atoms. The lowest BCUT2D eigenvalue weighted by Crippen LogP contribution is -2.41. The molecule has 124 valence electrons. The quantitative estimate of drug-likeness (QED) is 0.905. The molecule has 1 amide bonds. The summed E-state index contributed by atoms with van der Waals surface area (Å²) >= 11 is 0. The first-order valence-electron chi connectivity index (χ1n) is 7.77. The van der Waals surface area contributed by atoms with Crippen molar-refractivity contribution >= 4 is 11.9 Å². The van der Waals surface area contributed by atoms with Gasteiger partial charge in [0.05, 0.1) is 11.3 Å². The molecule has 0 aromatic heterocycles. The average molecular weight is 325 g/mol. The Kier molecular flexibility index (Phi) is 4.01. The fraction of sp³-hybridized carbons (Fsp3) is 0.263. The number of hydrogen-bond donors (Lipinski definition) is 2. The molecule has 0 atom stereocenters. The number of benzene rings is 2. The molecule has 0 saturated carbocycles. The number of carbonyl (C=O) groups excluding carboxylic acids is 1. The predicted molar refractivity (Wildman–Crippen MR) is 89.2 cm³/mol. The Labute approximate surface area is 140 Å². The van der Waals surface area contributed by atoms with Crippen LogP contribution >= 0.6 is 0 Å². The van der Waals surface area contributed by atoms with E-state index in [1.807, 2.05) is 48.5 Å². The van der Waals surface area contributed by atoms with Crippen LogP contribution in [-0.4, -0.2) is 23.5 Å². The van der Waals surface area contributed by atoms with Crippen molar-refractivity contribution in [3.05, 3.63) is 59.7 Å². The highest BCUT2D eigenvalue weighted by atomic mass is 16.5. The van der Waals surface area contributed by atoms with Gasteiger partial charge in [-0.3, -0.25) is 9.59 Å². The molecular formula is C19H19NO4. The van der Waals surface area contributed by atoms with Crippen LogP contribution in [0, 0.1) is 5.41 Å². The number of carboxylic acid groups (broad SMARTS) is 1. The molecule has 0 radical (unpaired) electrons. The van der Waals surface area contributed by atoms with E-state index in [2.05, 4.69) is 5.32 Å². The minimum absolute atomic E-state index is 0.0584. The summed E-state index contributed by atoms with van der Waals surface area (Å²) < 4.78 is 5.87. The van der Waals surface area contributed by atoms with E-state index in [0.29, 0.717) is 11.5 Å². The highest BCUT2D eigenvalue weighted by Crippen LogP contribution is 2.43. The number of ether oxygens (including phenoxy) is 1. The maximum absolute atomic E-state index is 12.8. The molecule has 0 aliphatic carbocycles. The second kappa shape index (κ2) is 6.00. The Morgan fingerprint density at radius 1 is 1.04 bits per heavy atom. The second-order valence-corrected chi connectivity index (χ2v) is 6.52. The number of rotatable bonds is 4. The molecule has 1 heterocycles. The zero-order chi connectivity index (χ0) is 17.3. The van der Waals surface area contributed by atoms with Crippen LogP contribution in [0.4, 0.5) is 0 Å². The molecule has 5 nitrogen and oxygen atoms in total. The molecule has 2 aromatic rings. The lowest BCUT2D eigenvalue weighted by molar-refractivity contribution is -0.146. The summed E-state index contributed by atoms with van der Waals surface area (Å²) in [5, 5.41) is 12.0. The van der Waals surface area contributed by atoms with Crippen molar-refractivity contribution in [3.63, 3.8) is 0 Å². The molecule has 0 fully saturated rings. The van der Waals surface area contributed by atoms with Gasteiger partial charge in [0.15, 0.2) is 0 Å². The standard InChI is InChI=1S/C19H19NO4/c1-19(2,18(22)23)11-20-17(21)16-12-7-3-5-9-14(12)24-15-10-6-4-8-13(15)16/h3-10,16H,11H2,1-2H3,(H,20,21)(H,22,23). The minimum Gasteiger partial charge on any atom is -0.481 e. The van der Waals surface area contributed by atoms with E-state index >= 15 is 0 Å². The number of amides is 1.